The maximum atomic E-state index is 9.73. The van der Waals surface area contributed by atoms with Crippen LogP contribution in [0.25, 0.3) is 0 Å². The first-order chi connectivity index (χ1) is 6.84. The Hall–Kier alpha value is 0.270. The molecule has 1 fully saturated rings. The molecule has 0 saturated carbocycles. The first-order valence-corrected chi connectivity index (χ1v) is 6.93. The smallest absolute Gasteiger partial charge is 0.0575 e. The molecule has 1 N–H and O–H groups in total. The number of aliphatic hydroxyl groups is 1. The number of nitrogens with zero attached hydrogens (tertiary/aromatic N) is 1. The van der Waals surface area contributed by atoms with Crippen molar-refractivity contribution in [2.45, 2.75) is 52.0 Å². The van der Waals surface area contributed by atoms with E-state index in [0.717, 1.165) is 13.1 Å². The monoisotopic (exact) mass is 231 g/mol. The second kappa shape index (κ2) is 5.07. The van der Waals surface area contributed by atoms with E-state index < -0.39 is 0 Å². The quantitative estimate of drug-likeness (QED) is 0.805. The minimum atomic E-state index is -0.241. The largest absolute Gasteiger partial charge is 0.393 e. The standard InChI is InChI=1S/C12H25NOS/c1-9-10(2)15-7-6-13(9)8-12(4,5)11(3)14/h9-11,14H,6-8H2,1-5H3. The second-order valence-corrected chi connectivity index (χ2v) is 6.94. The van der Waals surface area contributed by atoms with E-state index in [2.05, 4.69) is 44.4 Å². The van der Waals surface area contributed by atoms with Gasteiger partial charge in [-0.05, 0) is 13.8 Å². The van der Waals surface area contributed by atoms with Crippen LogP contribution in [0.4, 0.5) is 0 Å². The molecule has 1 aliphatic rings. The summed E-state index contributed by atoms with van der Waals surface area (Å²) in [6, 6.07) is 0.627. The molecule has 3 unspecified atom stereocenters. The molecule has 1 saturated heterocycles. The molecule has 0 bridgehead atoms. The molecular formula is C12H25NOS. The lowest BCUT2D eigenvalue weighted by atomic mass is 9.86. The van der Waals surface area contributed by atoms with Gasteiger partial charge in [0.25, 0.3) is 0 Å². The molecule has 0 spiro atoms. The normalized spacial score (nSPS) is 31.6. The fourth-order valence-corrected chi connectivity index (χ4v) is 3.04. The first-order valence-electron chi connectivity index (χ1n) is 5.88. The molecule has 0 aromatic rings. The van der Waals surface area contributed by atoms with Crippen molar-refractivity contribution in [3.05, 3.63) is 0 Å². The van der Waals surface area contributed by atoms with Gasteiger partial charge >= 0.3 is 0 Å². The van der Waals surface area contributed by atoms with Gasteiger partial charge in [-0.25, -0.2) is 0 Å². The molecule has 90 valence electrons. The summed E-state index contributed by atoms with van der Waals surface area (Å²) in [6.07, 6.45) is -0.241. The van der Waals surface area contributed by atoms with Crippen molar-refractivity contribution in [1.29, 1.82) is 0 Å². The zero-order valence-electron chi connectivity index (χ0n) is 10.7. The van der Waals surface area contributed by atoms with Crippen molar-refractivity contribution in [3.63, 3.8) is 0 Å². The SMILES string of the molecule is CC1SCCN(CC(C)(C)C(C)O)C1C. The van der Waals surface area contributed by atoms with Crippen LogP contribution in [0.15, 0.2) is 0 Å². The zero-order valence-corrected chi connectivity index (χ0v) is 11.5. The summed E-state index contributed by atoms with van der Waals surface area (Å²) in [6.45, 7) is 13.0. The molecule has 1 rings (SSSR count). The molecular weight excluding hydrogens is 206 g/mol. The minimum absolute atomic E-state index is 0.00398. The molecule has 2 nitrogen and oxygen atoms in total. The Morgan fingerprint density at radius 2 is 2.07 bits per heavy atom. The fourth-order valence-electron chi connectivity index (χ4n) is 1.87. The van der Waals surface area contributed by atoms with E-state index in [4.69, 9.17) is 0 Å². The van der Waals surface area contributed by atoms with Gasteiger partial charge in [0.1, 0.15) is 0 Å². The zero-order chi connectivity index (χ0) is 11.6. The van der Waals surface area contributed by atoms with Gasteiger partial charge < -0.3 is 5.11 Å². The van der Waals surface area contributed by atoms with E-state index in [1.807, 2.05) is 6.92 Å². The van der Waals surface area contributed by atoms with E-state index in [9.17, 15) is 5.11 Å². The highest BCUT2D eigenvalue weighted by molar-refractivity contribution is 8.00. The van der Waals surface area contributed by atoms with Gasteiger partial charge in [0.15, 0.2) is 0 Å². The fraction of sp³-hybridized carbons (Fsp3) is 1.00. The van der Waals surface area contributed by atoms with Crippen LogP contribution in [-0.4, -0.2) is 46.2 Å². The van der Waals surface area contributed by atoms with E-state index in [-0.39, 0.29) is 11.5 Å². The number of aliphatic hydroxyl groups excluding tert-OH is 1. The van der Waals surface area contributed by atoms with Crippen molar-refractivity contribution in [3.8, 4) is 0 Å². The van der Waals surface area contributed by atoms with Crippen LogP contribution < -0.4 is 0 Å². The van der Waals surface area contributed by atoms with Crippen LogP contribution in [-0.2, 0) is 0 Å². The highest BCUT2D eigenvalue weighted by Gasteiger charge is 2.32. The van der Waals surface area contributed by atoms with E-state index in [1.54, 1.807) is 0 Å². The van der Waals surface area contributed by atoms with Gasteiger partial charge in [-0.1, -0.05) is 20.8 Å². The van der Waals surface area contributed by atoms with Crippen molar-refractivity contribution < 1.29 is 5.11 Å². The number of hydrogen-bond donors (Lipinski definition) is 1. The van der Waals surface area contributed by atoms with Gasteiger partial charge in [0.2, 0.25) is 0 Å². The summed E-state index contributed by atoms with van der Waals surface area (Å²) in [7, 11) is 0. The molecule has 0 aliphatic carbocycles. The Morgan fingerprint density at radius 3 is 2.60 bits per heavy atom. The van der Waals surface area contributed by atoms with Gasteiger partial charge in [-0.3, -0.25) is 4.90 Å². The van der Waals surface area contributed by atoms with Crippen LogP contribution in [0.5, 0.6) is 0 Å². The Balaban J connectivity index is 2.57. The van der Waals surface area contributed by atoms with Gasteiger partial charge in [0.05, 0.1) is 6.10 Å². The third-order valence-electron chi connectivity index (χ3n) is 3.76. The van der Waals surface area contributed by atoms with Crippen LogP contribution in [0.2, 0.25) is 0 Å². The van der Waals surface area contributed by atoms with Crippen LogP contribution in [0.3, 0.4) is 0 Å². The van der Waals surface area contributed by atoms with Crippen LogP contribution >= 0.6 is 11.8 Å². The predicted octanol–water partition coefficient (Wildman–Crippen LogP) is 2.22. The molecule has 0 radical (unpaired) electrons. The predicted molar refractivity (Wildman–Crippen MR) is 68.4 cm³/mol. The average molecular weight is 231 g/mol. The summed E-state index contributed by atoms with van der Waals surface area (Å²) < 4.78 is 0. The first kappa shape index (κ1) is 13.3. The molecule has 0 aromatic carbocycles. The van der Waals surface area contributed by atoms with Gasteiger partial charge in [-0.15, -0.1) is 0 Å². The molecule has 15 heavy (non-hydrogen) atoms. The van der Waals surface area contributed by atoms with Crippen LogP contribution in [0, 0.1) is 5.41 Å². The molecule has 1 heterocycles. The average Bonchev–Trinajstić information content (AvgIpc) is 2.12. The Labute approximate surface area is 98.4 Å². The number of rotatable bonds is 3. The molecule has 0 amide bonds. The number of thioether (sulfide) groups is 1. The summed E-state index contributed by atoms with van der Waals surface area (Å²) in [5, 5.41) is 10.4. The Kier molecular flexibility index (Phi) is 4.50. The molecule has 0 aromatic heterocycles. The van der Waals surface area contributed by atoms with Crippen LogP contribution in [0.1, 0.15) is 34.6 Å². The Morgan fingerprint density at radius 1 is 1.47 bits per heavy atom. The maximum absolute atomic E-state index is 9.73. The van der Waals surface area contributed by atoms with Gasteiger partial charge in [-0.2, -0.15) is 11.8 Å². The molecule has 1 aliphatic heterocycles. The lowest BCUT2D eigenvalue weighted by molar-refractivity contribution is 0.0249. The molecule has 3 atom stereocenters. The summed E-state index contributed by atoms with van der Waals surface area (Å²) in [5.74, 6) is 1.22. The highest BCUT2D eigenvalue weighted by atomic mass is 32.2. The Bertz CT molecular complexity index is 206. The van der Waals surface area contributed by atoms with Crippen molar-refractivity contribution in [2.75, 3.05) is 18.8 Å². The third kappa shape index (κ3) is 3.36. The second-order valence-electron chi connectivity index (χ2n) is 5.45. The molecule has 3 heteroatoms. The summed E-state index contributed by atoms with van der Waals surface area (Å²) >= 11 is 2.06. The minimum Gasteiger partial charge on any atom is -0.393 e. The lowest BCUT2D eigenvalue weighted by Crippen LogP contribution is -2.50. The highest BCUT2D eigenvalue weighted by Crippen LogP contribution is 2.29. The van der Waals surface area contributed by atoms with E-state index in [1.165, 1.54) is 5.75 Å². The topological polar surface area (TPSA) is 23.5 Å². The lowest BCUT2D eigenvalue weighted by Gasteiger charge is -2.42. The van der Waals surface area contributed by atoms with E-state index in [0.29, 0.717) is 11.3 Å². The van der Waals surface area contributed by atoms with Gasteiger partial charge in [0, 0.05) is 35.5 Å². The van der Waals surface area contributed by atoms with Crippen molar-refractivity contribution in [1.82, 2.24) is 4.90 Å². The van der Waals surface area contributed by atoms with Crippen molar-refractivity contribution >= 4 is 11.8 Å². The maximum Gasteiger partial charge on any atom is 0.0575 e. The third-order valence-corrected chi connectivity index (χ3v) is 5.09. The summed E-state index contributed by atoms with van der Waals surface area (Å²) in [4.78, 5) is 2.52. The number of hydrogen-bond acceptors (Lipinski definition) is 3. The van der Waals surface area contributed by atoms with E-state index >= 15 is 0 Å². The summed E-state index contributed by atoms with van der Waals surface area (Å²) in [5.41, 5.74) is -0.00398. The van der Waals surface area contributed by atoms with Crippen molar-refractivity contribution in [2.24, 2.45) is 5.41 Å².